The third kappa shape index (κ3) is 6.61. The number of likely N-dealkylation sites (tertiary alicyclic amines) is 1. The molecule has 11 nitrogen and oxygen atoms in total. The van der Waals surface area contributed by atoms with E-state index < -0.39 is 6.03 Å². The highest BCUT2D eigenvalue weighted by molar-refractivity contribution is 6.13. The average molecular weight is 607 g/mol. The monoisotopic (exact) mass is 606 g/mol. The number of anilines is 3. The molecule has 0 bridgehead atoms. The Balaban J connectivity index is 1.16. The van der Waals surface area contributed by atoms with Crippen molar-refractivity contribution >= 4 is 41.0 Å². The van der Waals surface area contributed by atoms with Gasteiger partial charge in [0.2, 0.25) is 0 Å². The van der Waals surface area contributed by atoms with Crippen LogP contribution in [-0.4, -0.2) is 59.5 Å². The molecule has 0 aliphatic carbocycles. The maximum Gasteiger partial charge on any atom is 0.324 e. The first-order valence-electron chi connectivity index (χ1n) is 15.2. The molecule has 0 saturated carbocycles. The van der Waals surface area contributed by atoms with Crippen LogP contribution in [0.15, 0.2) is 87.2 Å². The lowest BCUT2D eigenvalue weighted by Gasteiger charge is -2.31. The van der Waals surface area contributed by atoms with E-state index in [1.807, 2.05) is 37.9 Å². The van der Waals surface area contributed by atoms with Crippen molar-refractivity contribution in [2.75, 3.05) is 41.9 Å². The number of hydrogen-bond acceptors (Lipinski definition) is 8. The van der Waals surface area contributed by atoms with Crippen LogP contribution in [0.4, 0.5) is 22.0 Å². The standard InChI is InChI=1S/C34H38N8O3/c1-34(2,3)28-21-29(40-45-28)38-33(44)37-25-10-12-26(13-11-25)42-27-5-4-16-36-32(35)30(27)31(39-42)24-8-6-22(7-9-24)23-14-17-41(18-15-23)19-20-43/h4,6-13,16,21,23,35,39,43H,14-15,17-20H2,1-3H3,(H2,37,38,40,44). The van der Waals surface area contributed by atoms with Gasteiger partial charge in [0.15, 0.2) is 11.7 Å². The summed E-state index contributed by atoms with van der Waals surface area (Å²) in [5.41, 5.74) is 12.3. The molecule has 3 aliphatic rings. The smallest absolute Gasteiger partial charge is 0.324 e. The van der Waals surface area contributed by atoms with Gasteiger partial charge in [0.1, 0.15) is 11.5 Å². The Morgan fingerprint density at radius 2 is 1.84 bits per heavy atom. The van der Waals surface area contributed by atoms with Crippen LogP contribution in [0.3, 0.4) is 0 Å². The molecule has 0 unspecified atom stereocenters. The van der Waals surface area contributed by atoms with E-state index in [4.69, 9.17) is 9.93 Å². The maximum atomic E-state index is 12.6. The minimum absolute atomic E-state index is 0.147. The minimum atomic E-state index is -0.429. The molecule has 45 heavy (non-hydrogen) atoms. The molecular formula is C34H38N8O3. The second-order valence-corrected chi connectivity index (χ2v) is 12.4. The number of fused-ring (bicyclic) bond motifs is 1. The highest BCUT2D eigenvalue weighted by Gasteiger charge is 2.32. The van der Waals surface area contributed by atoms with Crippen molar-refractivity contribution in [3.8, 4) is 0 Å². The summed E-state index contributed by atoms with van der Waals surface area (Å²) in [6.07, 6.45) is 5.42. The van der Waals surface area contributed by atoms with Crippen LogP contribution in [0.5, 0.6) is 0 Å². The van der Waals surface area contributed by atoms with Crippen LogP contribution in [0.25, 0.3) is 5.70 Å². The Morgan fingerprint density at radius 3 is 2.51 bits per heavy atom. The number of amidine groups is 1. The number of carbonyl (C=O) groups excluding carboxylic acids is 1. The van der Waals surface area contributed by atoms with E-state index in [2.05, 4.69) is 61.1 Å². The van der Waals surface area contributed by atoms with E-state index in [0.29, 0.717) is 34.5 Å². The normalized spacial score (nSPS) is 17.2. The van der Waals surface area contributed by atoms with Crippen LogP contribution in [-0.2, 0) is 5.41 Å². The first-order valence-corrected chi connectivity index (χ1v) is 15.2. The Bertz CT molecular complexity index is 1700. The molecule has 4 heterocycles. The number of aromatic nitrogens is 1. The number of nitrogens with zero attached hydrogens (tertiary/aromatic N) is 4. The molecule has 0 spiro atoms. The number of aliphatic hydroxyl groups is 1. The molecule has 0 atom stereocenters. The Hall–Kier alpha value is -4.96. The lowest BCUT2D eigenvalue weighted by molar-refractivity contribution is 0.164. The number of aliphatic imine (C=N–C) groups is 1. The lowest BCUT2D eigenvalue weighted by Crippen LogP contribution is -2.34. The van der Waals surface area contributed by atoms with Gasteiger partial charge in [-0.1, -0.05) is 55.9 Å². The van der Waals surface area contributed by atoms with Gasteiger partial charge in [-0.2, -0.15) is 0 Å². The van der Waals surface area contributed by atoms with E-state index in [-0.39, 0.29) is 17.9 Å². The zero-order chi connectivity index (χ0) is 31.6. The van der Waals surface area contributed by atoms with Gasteiger partial charge in [0.25, 0.3) is 0 Å². The van der Waals surface area contributed by atoms with Crippen LogP contribution >= 0.6 is 0 Å². The number of rotatable bonds is 7. The highest BCUT2D eigenvalue weighted by Crippen LogP contribution is 2.37. The van der Waals surface area contributed by atoms with Crippen LogP contribution in [0, 0.1) is 5.41 Å². The molecule has 2 amide bonds. The predicted octanol–water partition coefficient (Wildman–Crippen LogP) is 5.62. The SMILES string of the molecule is CC(C)(C)c1cc(NC(=O)Nc2ccc(N3NC(c4ccc(C5CCN(CCO)CC5)cc4)=C4C(=N)N=CC=C=C43)cc2)no1. The fourth-order valence-electron chi connectivity index (χ4n) is 5.73. The van der Waals surface area contributed by atoms with Gasteiger partial charge in [-0.05, 0) is 61.7 Å². The average Bonchev–Trinajstić information content (AvgIpc) is 3.61. The van der Waals surface area contributed by atoms with Crippen molar-refractivity contribution < 1.29 is 14.4 Å². The van der Waals surface area contributed by atoms with E-state index in [1.165, 1.54) is 5.56 Å². The summed E-state index contributed by atoms with van der Waals surface area (Å²) in [5.74, 6) is 1.66. The number of hydrazine groups is 1. The summed E-state index contributed by atoms with van der Waals surface area (Å²) in [6.45, 7) is 8.95. The maximum absolute atomic E-state index is 12.6. The largest absolute Gasteiger partial charge is 0.395 e. The van der Waals surface area contributed by atoms with E-state index in [0.717, 1.165) is 49.4 Å². The van der Waals surface area contributed by atoms with Crippen molar-refractivity contribution in [1.29, 1.82) is 5.41 Å². The van der Waals surface area contributed by atoms with Crippen LogP contribution in [0.2, 0.25) is 0 Å². The molecular weight excluding hydrogens is 568 g/mol. The quantitative estimate of drug-likeness (QED) is 0.220. The molecule has 2 aromatic carbocycles. The summed E-state index contributed by atoms with van der Waals surface area (Å²) in [4.78, 5) is 19.2. The zero-order valence-corrected chi connectivity index (χ0v) is 25.7. The Labute approximate surface area is 262 Å². The molecule has 0 radical (unpaired) electrons. The zero-order valence-electron chi connectivity index (χ0n) is 25.7. The molecule has 232 valence electrons. The third-order valence-corrected chi connectivity index (χ3v) is 8.22. The summed E-state index contributed by atoms with van der Waals surface area (Å²) < 4.78 is 5.35. The van der Waals surface area contributed by atoms with Crippen molar-refractivity contribution in [3.63, 3.8) is 0 Å². The molecule has 5 N–H and O–H groups in total. The van der Waals surface area contributed by atoms with Gasteiger partial charge in [-0.15, -0.1) is 0 Å². The summed E-state index contributed by atoms with van der Waals surface area (Å²) in [5, 5.41) is 29.3. The predicted molar refractivity (Wildman–Crippen MR) is 177 cm³/mol. The second-order valence-electron chi connectivity index (χ2n) is 12.4. The molecule has 1 fully saturated rings. The summed E-state index contributed by atoms with van der Waals surface area (Å²) in [6, 6.07) is 17.2. The third-order valence-electron chi connectivity index (χ3n) is 8.22. The number of carbonyl (C=O) groups is 1. The van der Waals surface area contributed by atoms with E-state index in [9.17, 15) is 9.90 Å². The number of benzene rings is 2. The Morgan fingerprint density at radius 1 is 1.11 bits per heavy atom. The topological polar surface area (TPSA) is 142 Å². The molecule has 11 heteroatoms. The molecule has 6 rings (SSSR count). The first kappa shape index (κ1) is 30.1. The van der Waals surface area contributed by atoms with Gasteiger partial charge in [-0.25, -0.2) is 14.8 Å². The van der Waals surface area contributed by atoms with Crippen molar-refractivity contribution in [1.82, 2.24) is 15.5 Å². The fourth-order valence-corrected chi connectivity index (χ4v) is 5.73. The highest BCUT2D eigenvalue weighted by atomic mass is 16.5. The molecule has 1 saturated heterocycles. The van der Waals surface area contributed by atoms with Gasteiger partial charge >= 0.3 is 6.03 Å². The van der Waals surface area contributed by atoms with Gasteiger partial charge in [-0.3, -0.25) is 16.2 Å². The van der Waals surface area contributed by atoms with Crippen LogP contribution in [0.1, 0.15) is 56.4 Å². The van der Waals surface area contributed by atoms with Gasteiger partial charge in [0.05, 0.1) is 23.6 Å². The van der Waals surface area contributed by atoms with E-state index >= 15 is 0 Å². The molecule has 3 aliphatic heterocycles. The number of amides is 2. The van der Waals surface area contributed by atoms with Crippen molar-refractivity contribution in [3.05, 3.63) is 94.6 Å². The number of urea groups is 1. The lowest BCUT2D eigenvalue weighted by atomic mass is 9.88. The van der Waals surface area contributed by atoms with Crippen LogP contribution < -0.4 is 21.1 Å². The van der Waals surface area contributed by atoms with Gasteiger partial charge < -0.3 is 19.8 Å². The van der Waals surface area contributed by atoms with Crippen molar-refractivity contribution in [2.45, 2.75) is 44.9 Å². The minimum Gasteiger partial charge on any atom is -0.395 e. The summed E-state index contributed by atoms with van der Waals surface area (Å²) >= 11 is 0. The second kappa shape index (κ2) is 12.6. The number of β-amino-alcohol motifs (C(OH)–C–C–N with tert-alkyl or cyclic N) is 1. The number of piperidine rings is 1. The molecule has 1 aromatic heterocycles. The number of nitrogens with one attached hydrogen (secondary N) is 4. The number of hydrogen-bond donors (Lipinski definition) is 5. The van der Waals surface area contributed by atoms with Gasteiger partial charge in [0, 0.05) is 41.6 Å². The fraction of sp³-hybridized carbons (Fsp3) is 0.324. The Kier molecular flexibility index (Phi) is 8.40. The number of aliphatic hydroxyl groups excluding tert-OH is 1. The van der Waals surface area contributed by atoms with Crippen molar-refractivity contribution in [2.24, 2.45) is 4.99 Å². The molecule has 3 aromatic rings. The van der Waals surface area contributed by atoms with E-state index in [1.54, 1.807) is 30.5 Å². The summed E-state index contributed by atoms with van der Waals surface area (Å²) in [7, 11) is 0. The first-order chi connectivity index (χ1) is 21.7.